The third kappa shape index (κ3) is 4.64. The smallest absolute Gasteiger partial charge is 0.255 e. The van der Waals surface area contributed by atoms with E-state index in [1.807, 2.05) is 0 Å². The van der Waals surface area contributed by atoms with E-state index in [-0.39, 0.29) is 34.9 Å². The highest BCUT2D eigenvalue weighted by Gasteiger charge is 2.26. The van der Waals surface area contributed by atoms with Crippen molar-refractivity contribution in [3.8, 4) is 11.5 Å². The number of rotatable bonds is 3. The molecule has 0 aliphatic carbocycles. The number of carbonyl (C=O) groups is 2. The van der Waals surface area contributed by atoms with Crippen LogP contribution in [0.15, 0.2) is 36.4 Å². The van der Waals surface area contributed by atoms with E-state index in [1.165, 1.54) is 12.1 Å². The molecule has 0 aromatic heterocycles. The molecular formula is C19H18Cl2N2O4. The van der Waals surface area contributed by atoms with Crippen molar-refractivity contribution in [3.63, 3.8) is 0 Å². The summed E-state index contributed by atoms with van der Waals surface area (Å²) in [6.07, 6.45) is 1.17. The molecule has 2 amide bonds. The normalized spacial score (nSPS) is 14.8. The minimum atomic E-state index is -0.385. The summed E-state index contributed by atoms with van der Waals surface area (Å²) in [5, 5.41) is 22.6. The molecular weight excluding hydrogens is 391 g/mol. The first kappa shape index (κ1) is 19.3. The minimum absolute atomic E-state index is 0.110. The molecule has 0 atom stereocenters. The standard InChI is InChI=1S/C19H18Cl2N2O4/c20-12-1-2-17(21)16(9-12)19(27)23-5-3-13(4-6-23)22-18(26)11-7-14(24)10-15(25)8-11/h1-2,7-10,13,24-25H,3-6H2,(H,22,26). The molecule has 0 saturated carbocycles. The Morgan fingerprint density at radius 1 is 1.00 bits per heavy atom. The molecule has 1 aliphatic rings. The summed E-state index contributed by atoms with van der Waals surface area (Å²) in [6, 6.07) is 8.39. The van der Waals surface area contributed by atoms with Gasteiger partial charge in [0, 0.05) is 35.8 Å². The molecule has 142 valence electrons. The highest BCUT2D eigenvalue weighted by atomic mass is 35.5. The van der Waals surface area contributed by atoms with Gasteiger partial charge in [-0.05, 0) is 43.2 Å². The van der Waals surface area contributed by atoms with Gasteiger partial charge in [-0.3, -0.25) is 9.59 Å². The Hall–Kier alpha value is -2.44. The fourth-order valence-electron chi connectivity index (χ4n) is 3.05. The maximum absolute atomic E-state index is 12.6. The number of likely N-dealkylation sites (tertiary alicyclic amines) is 1. The van der Waals surface area contributed by atoms with Crippen molar-refractivity contribution in [1.29, 1.82) is 0 Å². The fraction of sp³-hybridized carbons (Fsp3) is 0.263. The number of carbonyl (C=O) groups excluding carboxylic acids is 2. The van der Waals surface area contributed by atoms with Crippen LogP contribution in [0.1, 0.15) is 33.6 Å². The minimum Gasteiger partial charge on any atom is -0.508 e. The number of phenols is 2. The average Bonchev–Trinajstić information content (AvgIpc) is 2.63. The zero-order valence-corrected chi connectivity index (χ0v) is 15.8. The van der Waals surface area contributed by atoms with Crippen LogP contribution in [-0.4, -0.2) is 46.1 Å². The predicted molar refractivity (Wildman–Crippen MR) is 103 cm³/mol. The van der Waals surface area contributed by atoms with Crippen LogP contribution in [-0.2, 0) is 0 Å². The molecule has 1 fully saturated rings. The van der Waals surface area contributed by atoms with E-state index < -0.39 is 0 Å². The van der Waals surface area contributed by atoms with Crippen LogP contribution in [0.2, 0.25) is 10.0 Å². The second-order valence-corrected chi connectivity index (χ2v) is 7.25. The Kier molecular flexibility index (Phi) is 5.77. The molecule has 2 aromatic carbocycles. The van der Waals surface area contributed by atoms with Gasteiger partial charge in [-0.15, -0.1) is 0 Å². The summed E-state index contributed by atoms with van der Waals surface area (Å²) < 4.78 is 0. The SMILES string of the molecule is O=C(NC1CCN(C(=O)c2cc(Cl)ccc2Cl)CC1)c1cc(O)cc(O)c1. The number of piperidine rings is 1. The number of aromatic hydroxyl groups is 2. The van der Waals surface area contributed by atoms with Crippen molar-refractivity contribution in [2.45, 2.75) is 18.9 Å². The molecule has 3 N–H and O–H groups in total. The highest BCUT2D eigenvalue weighted by molar-refractivity contribution is 6.35. The molecule has 0 spiro atoms. The second-order valence-electron chi connectivity index (χ2n) is 6.40. The molecule has 1 aliphatic heterocycles. The van der Waals surface area contributed by atoms with Gasteiger partial charge >= 0.3 is 0 Å². The quantitative estimate of drug-likeness (QED) is 0.725. The number of amides is 2. The summed E-state index contributed by atoms with van der Waals surface area (Å²) in [7, 11) is 0. The first-order valence-electron chi connectivity index (χ1n) is 8.41. The summed E-state index contributed by atoms with van der Waals surface area (Å²) in [6.45, 7) is 0.940. The largest absolute Gasteiger partial charge is 0.508 e. The summed E-state index contributed by atoms with van der Waals surface area (Å²) >= 11 is 12.0. The lowest BCUT2D eigenvalue weighted by Gasteiger charge is -2.32. The molecule has 27 heavy (non-hydrogen) atoms. The van der Waals surface area contributed by atoms with Gasteiger partial charge in [0.15, 0.2) is 0 Å². The Labute approximate surface area is 166 Å². The summed E-state index contributed by atoms with van der Waals surface area (Å²) in [4.78, 5) is 26.6. The van der Waals surface area contributed by atoms with Crippen LogP contribution < -0.4 is 5.32 Å². The molecule has 0 bridgehead atoms. The molecule has 1 heterocycles. The van der Waals surface area contributed by atoms with E-state index in [4.69, 9.17) is 23.2 Å². The van der Waals surface area contributed by atoms with Gasteiger partial charge in [-0.2, -0.15) is 0 Å². The highest BCUT2D eigenvalue weighted by Crippen LogP contribution is 2.24. The van der Waals surface area contributed by atoms with Crippen LogP contribution in [0, 0.1) is 0 Å². The van der Waals surface area contributed by atoms with E-state index in [0.29, 0.717) is 41.5 Å². The molecule has 3 rings (SSSR count). The molecule has 2 aromatic rings. The molecule has 0 radical (unpaired) electrons. The van der Waals surface area contributed by atoms with Crippen molar-refractivity contribution < 1.29 is 19.8 Å². The molecule has 1 saturated heterocycles. The van der Waals surface area contributed by atoms with Crippen LogP contribution in [0.25, 0.3) is 0 Å². The van der Waals surface area contributed by atoms with Gasteiger partial charge in [0.05, 0.1) is 10.6 Å². The monoisotopic (exact) mass is 408 g/mol. The third-order valence-corrected chi connectivity index (χ3v) is 5.01. The van der Waals surface area contributed by atoms with Crippen molar-refractivity contribution in [1.82, 2.24) is 10.2 Å². The van der Waals surface area contributed by atoms with E-state index >= 15 is 0 Å². The number of nitrogens with zero attached hydrogens (tertiary/aromatic N) is 1. The van der Waals surface area contributed by atoms with Gasteiger partial charge in [0.25, 0.3) is 11.8 Å². The van der Waals surface area contributed by atoms with Crippen molar-refractivity contribution >= 4 is 35.0 Å². The summed E-state index contributed by atoms with van der Waals surface area (Å²) in [5.41, 5.74) is 0.540. The lowest BCUT2D eigenvalue weighted by Crippen LogP contribution is -2.46. The van der Waals surface area contributed by atoms with Crippen LogP contribution >= 0.6 is 23.2 Å². The second kappa shape index (κ2) is 8.06. The number of hydrogen-bond acceptors (Lipinski definition) is 4. The van der Waals surface area contributed by atoms with Crippen molar-refractivity contribution in [2.24, 2.45) is 0 Å². The van der Waals surface area contributed by atoms with Crippen molar-refractivity contribution in [2.75, 3.05) is 13.1 Å². The maximum Gasteiger partial charge on any atom is 0.255 e. The lowest BCUT2D eigenvalue weighted by molar-refractivity contribution is 0.0698. The zero-order chi connectivity index (χ0) is 19.6. The maximum atomic E-state index is 12.6. The fourth-order valence-corrected chi connectivity index (χ4v) is 3.42. The molecule has 6 nitrogen and oxygen atoms in total. The zero-order valence-electron chi connectivity index (χ0n) is 14.3. The number of benzene rings is 2. The van der Waals surface area contributed by atoms with E-state index in [2.05, 4.69) is 5.32 Å². The van der Waals surface area contributed by atoms with Gasteiger partial charge in [0.1, 0.15) is 11.5 Å². The lowest BCUT2D eigenvalue weighted by atomic mass is 10.0. The van der Waals surface area contributed by atoms with Crippen LogP contribution in [0.5, 0.6) is 11.5 Å². The van der Waals surface area contributed by atoms with Crippen molar-refractivity contribution in [3.05, 3.63) is 57.6 Å². The number of nitrogens with one attached hydrogen (secondary N) is 1. The van der Waals surface area contributed by atoms with E-state index in [1.54, 1.807) is 23.1 Å². The Balaban J connectivity index is 1.59. The Morgan fingerprint density at radius 2 is 1.63 bits per heavy atom. The van der Waals surface area contributed by atoms with E-state index in [9.17, 15) is 19.8 Å². The average molecular weight is 409 g/mol. The third-order valence-electron chi connectivity index (χ3n) is 4.44. The predicted octanol–water partition coefficient (Wildman–Crippen LogP) is 3.44. The Morgan fingerprint density at radius 3 is 2.26 bits per heavy atom. The number of hydrogen-bond donors (Lipinski definition) is 3. The van der Waals surface area contributed by atoms with Gasteiger partial charge < -0.3 is 20.4 Å². The molecule has 8 heteroatoms. The van der Waals surface area contributed by atoms with Gasteiger partial charge in [0.2, 0.25) is 0 Å². The first-order chi connectivity index (χ1) is 12.8. The van der Waals surface area contributed by atoms with E-state index in [0.717, 1.165) is 6.07 Å². The van der Waals surface area contributed by atoms with Gasteiger partial charge in [-0.25, -0.2) is 0 Å². The molecule has 0 unspecified atom stereocenters. The number of phenolic OH excluding ortho intramolecular Hbond substituents is 2. The Bertz CT molecular complexity index is 860. The topological polar surface area (TPSA) is 89.9 Å². The number of halogens is 2. The summed E-state index contributed by atoms with van der Waals surface area (Å²) in [5.74, 6) is -0.938. The van der Waals surface area contributed by atoms with Crippen LogP contribution in [0.3, 0.4) is 0 Å². The first-order valence-corrected chi connectivity index (χ1v) is 9.17. The van der Waals surface area contributed by atoms with Crippen LogP contribution in [0.4, 0.5) is 0 Å². The van der Waals surface area contributed by atoms with Gasteiger partial charge in [-0.1, -0.05) is 23.2 Å².